The van der Waals surface area contributed by atoms with E-state index in [1.807, 2.05) is 0 Å². The molecule has 2 bridgehead atoms. The molecule has 0 spiro atoms. The van der Waals surface area contributed by atoms with Crippen LogP contribution in [-0.2, 0) is 10.5 Å². The van der Waals surface area contributed by atoms with E-state index >= 15 is 8.78 Å². The third-order valence-electron chi connectivity index (χ3n) is 4.84. The lowest BCUT2D eigenvalue weighted by atomic mass is 10.0. The molecule has 0 amide bonds. The zero-order valence-corrected chi connectivity index (χ0v) is 13.7. The molecule has 0 radical (unpaired) electrons. The third kappa shape index (κ3) is 1.89. The van der Waals surface area contributed by atoms with Crippen LogP contribution in [0.2, 0.25) is 0 Å². The van der Waals surface area contributed by atoms with Gasteiger partial charge in [-0.3, -0.25) is 4.90 Å². The van der Waals surface area contributed by atoms with Gasteiger partial charge in [-0.15, -0.1) is 0 Å². The summed E-state index contributed by atoms with van der Waals surface area (Å²) < 4.78 is 43.4. The third-order valence-corrected chi connectivity index (χ3v) is 4.84. The second-order valence-electron chi connectivity index (χ2n) is 6.34. The van der Waals surface area contributed by atoms with Crippen molar-refractivity contribution < 1.29 is 18.3 Å². The summed E-state index contributed by atoms with van der Waals surface area (Å²) in [6.07, 6.45) is -0.947. The van der Waals surface area contributed by atoms with Crippen LogP contribution in [0.3, 0.4) is 0 Å². The minimum atomic E-state index is -3.42. The van der Waals surface area contributed by atoms with Gasteiger partial charge in [-0.2, -0.15) is 8.78 Å². The van der Waals surface area contributed by atoms with Crippen LogP contribution in [0, 0.1) is 0 Å². The van der Waals surface area contributed by atoms with Crippen molar-refractivity contribution in [3.8, 4) is 5.75 Å². The van der Waals surface area contributed by atoms with Gasteiger partial charge in [0.15, 0.2) is 6.23 Å². The molecule has 3 aromatic rings. The van der Waals surface area contributed by atoms with Crippen molar-refractivity contribution in [2.45, 2.75) is 18.1 Å². The highest BCUT2D eigenvalue weighted by molar-refractivity contribution is 5.56. The predicted molar refractivity (Wildman–Crippen MR) is 92.9 cm³/mol. The van der Waals surface area contributed by atoms with Crippen LogP contribution in [0.5, 0.6) is 5.75 Å². The standard InChI is InChI=1S/C21H15F2NO2/c22-21(23)20(15-9-3-1-4-10-15)25-18-14-8-7-13-17(18)19(26-20)24(21)16-11-5-2-6-12-16/h1-14,19H/t19-,20-/m0/s1. The predicted octanol–water partition coefficient (Wildman–Crippen LogP) is 5.06. The molecular formula is C21H15F2NO2. The number of alkyl halides is 2. The highest BCUT2D eigenvalue weighted by atomic mass is 19.3. The van der Waals surface area contributed by atoms with Crippen molar-refractivity contribution >= 4 is 5.69 Å². The molecule has 2 atom stereocenters. The first-order chi connectivity index (χ1) is 12.6. The summed E-state index contributed by atoms with van der Waals surface area (Å²) in [6.45, 7) is 0. The first-order valence-electron chi connectivity index (χ1n) is 8.37. The highest BCUT2D eigenvalue weighted by Gasteiger charge is 2.73. The Labute approximate surface area is 149 Å². The molecular weight excluding hydrogens is 336 g/mol. The van der Waals surface area contributed by atoms with Crippen molar-refractivity contribution in [1.29, 1.82) is 0 Å². The van der Waals surface area contributed by atoms with Gasteiger partial charge in [0.1, 0.15) is 5.75 Å². The van der Waals surface area contributed by atoms with Crippen LogP contribution in [0.4, 0.5) is 14.5 Å². The van der Waals surface area contributed by atoms with Gasteiger partial charge in [0, 0.05) is 16.8 Å². The van der Waals surface area contributed by atoms with E-state index in [4.69, 9.17) is 9.47 Å². The Morgan fingerprint density at radius 2 is 1.38 bits per heavy atom. The number of rotatable bonds is 2. The first kappa shape index (κ1) is 15.3. The van der Waals surface area contributed by atoms with Crippen LogP contribution < -0.4 is 9.64 Å². The van der Waals surface area contributed by atoms with E-state index in [0.29, 0.717) is 17.0 Å². The smallest absolute Gasteiger partial charge is 0.397 e. The van der Waals surface area contributed by atoms with Gasteiger partial charge < -0.3 is 9.47 Å². The number of nitrogens with zero attached hydrogens (tertiary/aromatic N) is 1. The molecule has 1 fully saturated rings. The monoisotopic (exact) mass is 351 g/mol. The molecule has 130 valence electrons. The van der Waals surface area contributed by atoms with Crippen LogP contribution >= 0.6 is 0 Å². The summed E-state index contributed by atoms with van der Waals surface area (Å²) in [7, 11) is 0. The molecule has 2 heterocycles. The molecule has 26 heavy (non-hydrogen) atoms. The molecule has 0 saturated carbocycles. The lowest BCUT2D eigenvalue weighted by molar-refractivity contribution is -0.280. The molecule has 3 nitrogen and oxygen atoms in total. The Kier molecular flexibility index (Phi) is 3.12. The summed E-state index contributed by atoms with van der Waals surface area (Å²) >= 11 is 0. The number of para-hydroxylation sites is 2. The zero-order chi connectivity index (χ0) is 17.8. The van der Waals surface area contributed by atoms with Crippen molar-refractivity contribution in [1.82, 2.24) is 0 Å². The lowest BCUT2D eigenvalue weighted by Crippen LogP contribution is -2.53. The summed E-state index contributed by atoms with van der Waals surface area (Å²) in [5, 5.41) is 0. The SMILES string of the molecule is FC1(F)N(c2ccccc2)[C@H]2O[C@]1(c1ccccc1)Oc1ccccc12. The first-order valence-corrected chi connectivity index (χ1v) is 8.37. The molecule has 1 saturated heterocycles. The quantitative estimate of drug-likeness (QED) is 0.603. The largest absolute Gasteiger partial charge is 0.450 e. The van der Waals surface area contributed by atoms with Gasteiger partial charge in [0.05, 0.1) is 0 Å². The van der Waals surface area contributed by atoms with E-state index in [1.54, 1.807) is 84.9 Å². The van der Waals surface area contributed by atoms with Gasteiger partial charge in [0.25, 0.3) is 0 Å². The molecule has 0 N–H and O–H groups in total. The van der Waals surface area contributed by atoms with E-state index in [2.05, 4.69) is 0 Å². The van der Waals surface area contributed by atoms with E-state index in [0.717, 1.165) is 4.90 Å². The Morgan fingerprint density at radius 1 is 0.769 bits per heavy atom. The maximum atomic E-state index is 15.8. The molecule has 3 aromatic carbocycles. The van der Waals surface area contributed by atoms with Gasteiger partial charge in [0.2, 0.25) is 0 Å². The summed E-state index contributed by atoms with van der Waals surface area (Å²) in [5.74, 6) is -1.80. The molecule has 2 aliphatic heterocycles. The Balaban J connectivity index is 1.77. The number of halogens is 2. The second-order valence-corrected chi connectivity index (χ2v) is 6.34. The fourth-order valence-electron chi connectivity index (χ4n) is 3.65. The number of hydrogen-bond acceptors (Lipinski definition) is 3. The Morgan fingerprint density at radius 3 is 2.12 bits per heavy atom. The Hall–Kier alpha value is -2.92. The second kappa shape index (κ2) is 5.29. The molecule has 2 aliphatic rings. The minimum Gasteiger partial charge on any atom is -0.450 e. The minimum absolute atomic E-state index is 0.280. The maximum Gasteiger partial charge on any atom is 0.397 e. The Bertz CT molecular complexity index is 948. The normalized spacial score (nSPS) is 25.5. The molecule has 0 aliphatic carbocycles. The van der Waals surface area contributed by atoms with Crippen molar-refractivity contribution in [3.63, 3.8) is 0 Å². The molecule has 0 aromatic heterocycles. The molecule has 5 rings (SSSR count). The number of ether oxygens (including phenoxy) is 2. The fraction of sp³-hybridized carbons (Fsp3) is 0.143. The number of benzene rings is 3. The maximum absolute atomic E-state index is 15.8. The highest BCUT2D eigenvalue weighted by Crippen LogP contribution is 2.61. The van der Waals surface area contributed by atoms with Gasteiger partial charge in [-0.25, -0.2) is 0 Å². The van der Waals surface area contributed by atoms with Gasteiger partial charge in [-0.05, 0) is 18.2 Å². The van der Waals surface area contributed by atoms with E-state index in [9.17, 15) is 0 Å². The van der Waals surface area contributed by atoms with E-state index in [-0.39, 0.29) is 5.56 Å². The topological polar surface area (TPSA) is 21.7 Å². The van der Waals surface area contributed by atoms with Gasteiger partial charge >= 0.3 is 11.8 Å². The lowest BCUT2D eigenvalue weighted by Gasteiger charge is -2.36. The zero-order valence-electron chi connectivity index (χ0n) is 13.7. The number of anilines is 1. The number of hydrogen-bond donors (Lipinski definition) is 0. The molecule has 5 heteroatoms. The molecule has 0 unspecified atom stereocenters. The number of fused-ring (bicyclic) bond motifs is 4. The van der Waals surface area contributed by atoms with Crippen LogP contribution in [0.15, 0.2) is 84.9 Å². The van der Waals surface area contributed by atoms with E-state index in [1.165, 1.54) is 0 Å². The fourth-order valence-corrected chi connectivity index (χ4v) is 3.65. The summed E-state index contributed by atoms with van der Waals surface area (Å²) in [4.78, 5) is 1.01. The van der Waals surface area contributed by atoms with Crippen LogP contribution in [-0.4, -0.2) is 6.05 Å². The summed E-state index contributed by atoms with van der Waals surface area (Å²) in [6, 6.07) is 20.6. The van der Waals surface area contributed by atoms with Crippen LogP contribution in [0.25, 0.3) is 0 Å². The van der Waals surface area contributed by atoms with Crippen molar-refractivity contribution in [3.05, 3.63) is 96.1 Å². The average Bonchev–Trinajstić information content (AvgIpc) is 2.87. The average molecular weight is 351 g/mol. The van der Waals surface area contributed by atoms with Crippen LogP contribution in [0.1, 0.15) is 17.4 Å². The summed E-state index contributed by atoms with van der Waals surface area (Å²) in [5.41, 5.74) is 1.24. The van der Waals surface area contributed by atoms with Gasteiger partial charge in [-0.1, -0.05) is 66.7 Å². The van der Waals surface area contributed by atoms with Crippen molar-refractivity contribution in [2.24, 2.45) is 0 Å². The van der Waals surface area contributed by atoms with Crippen molar-refractivity contribution in [2.75, 3.05) is 4.90 Å². The van der Waals surface area contributed by atoms with E-state index < -0.39 is 18.1 Å².